The van der Waals surface area contributed by atoms with E-state index in [0.717, 1.165) is 34.2 Å². The van der Waals surface area contributed by atoms with Crippen LogP contribution in [0.5, 0.6) is 0 Å². The van der Waals surface area contributed by atoms with Crippen LogP contribution in [0.15, 0.2) is 48.5 Å². The number of carbonyl (C=O) groups excluding carboxylic acids is 1. The number of hydrogen-bond acceptors (Lipinski definition) is 1. The average molecular weight is 428 g/mol. The molecule has 0 aliphatic carbocycles. The second kappa shape index (κ2) is 11.7. The first-order valence-electron chi connectivity index (χ1n) is 7.66. The van der Waals surface area contributed by atoms with Crippen molar-refractivity contribution in [3.05, 3.63) is 59.7 Å². The number of benzene rings is 2. The number of halogens is 4. The van der Waals surface area contributed by atoms with E-state index < -0.39 is 11.7 Å². The van der Waals surface area contributed by atoms with Crippen molar-refractivity contribution in [1.82, 2.24) is 0 Å². The Hall–Kier alpha value is -0.854. The smallest absolute Gasteiger partial charge is 0.299 e. The lowest BCUT2D eigenvalue weighted by Gasteiger charge is -2.08. The number of alkyl halides is 4. The first-order valence-corrected chi connectivity index (χ1v) is 8.78. The summed E-state index contributed by atoms with van der Waals surface area (Å²) in [4.78, 5) is 11.4. The van der Waals surface area contributed by atoms with Crippen molar-refractivity contribution in [3.8, 4) is 11.1 Å². The highest BCUT2D eigenvalue weighted by Gasteiger charge is 2.29. The predicted octanol–water partition coefficient (Wildman–Crippen LogP) is 5.38. The normalized spacial score (nSPS) is 10.3. The van der Waals surface area contributed by atoms with Gasteiger partial charge in [-0.1, -0.05) is 66.2 Å². The Morgan fingerprint density at radius 3 is 1.68 bits per heavy atom. The van der Waals surface area contributed by atoms with E-state index in [-0.39, 0.29) is 28.8 Å². The summed E-state index contributed by atoms with van der Waals surface area (Å²) >= 11 is 3.15. The fraction of sp³-hybridized carbons (Fsp3) is 0.316. The van der Waals surface area contributed by atoms with Gasteiger partial charge < -0.3 is 0 Å². The van der Waals surface area contributed by atoms with Crippen molar-refractivity contribution in [2.24, 2.45) is 0 Å². The number of carbonyl (C=O) groups is 1. The summed E-state index contributed by atoms with van der Waals surface area (Å²) < 4.78 is 37.5. The van der Waals surface area contributed by atoms with E-state index in [1.54, 1.807) is 0 Å². The minimum absolute atomic E-state index is 0. The summed E-state index contributed by atoms with van der Waals surface area (Å²) in [7, 11) is 0. The van der Waals surface area contributed by atoms with Crippen molar-refractivity contribution in [3.63, 3.8) is 0 Å². The van der Waals surface area contributed by atoms with Crippen molar-refractivity contribution >= 4 is 44.8 Å². The van der Waals surface area contributed by atoms with Gasteiger partial charge in [-0.2, -0.15) is 13.2 Å². The molecule has 2 rings (SSSR count). The highest BCUT2D eigenvalue weighted by Crippen LogP contribution is 2.31. The lowest BCUT2D eigenvalue weighted by Crippen LogP contribution is -2.04. The molecule has 0 bridgehead atoms. The molecule has 0 aliphatic heterocycles. The highest BCUT2D eigenvalue weighted by atomic mass is 79.9. The van der Waals surface area contributed by atoms with Gasteiger partial charge in [0.25, 0.3) is 0 Å². The molecular weight excluding hydrogens is 405 g/mol. The molecule has 2 aromatic rings. The summed E-state index contributed by atoms with van der Waals surface area (Å²) in [6, 6.07) is 12.4. The van der Waals surface area contributed by atoms with Crippen LogP contribution in [0.25, 0.3) is 11.1 Å². The molecule has 0 atom stereocenters. The topological polar surface area (TPSA) is 17.1 Å². The molecule has 0 aromatic heterocycles. The molecule has 1 nitrogen and oxygen atoms in total. The van der Waals surface area contributed by atoms with Gasteiger partial charge in [-0.05, 0) is 28.8 Å². The van der Waals surface area contributed by atoms with Gasteiger partial charge in [-0.3, -0.25) is 4.79 Å². The van der Waals surface area contributed by atoms with Crippen LogP contribution in [0, 0.1) is 0 Å². The van der Waals surface area contributed by atoms with Gasteiger partial charge in [0.1, 0.15) is 5.78 Å². The van der Waals surface area contributed by atoms with Crippen LogP contribution in [-0.4, -0.2) is 34.2 Å². The van der Waals surface area contributed by atoms with Crippen LogP contribution in [-0.2, 0) is 17.4 Å². The number of hydrogen-bond donors (Lipinski definition) is 0. The largest absolute Gasteiger partial charge is 0.416 e. The van der Waals surface area contributed by atoms with E-state index in [4.69, 9.17) is 0 Å². The predicted molar refractivity (Wildman–Crippen MR) is 104 cm³/mol. The van der Waals surface area contributed by atoms with Crippen LogP contribution in [0.4, 0.5) is 13.2 Å². The maximum absolute atomic E-state index is 12.5. The highest BCUT2D eigenvalue weighted by molar-refractivity contribution is 9.09. The van der Waals surface area contributed by atoms with E-state index in [9.17, 15) is 18.0 Å². The fourth-order valence-corrected chi connectivity index (χ4v) is 2.02. The van der Waals surface area contributed by atoms with Gasteiger partial charge in [0.2, 0.25) is 0 Å². The summed E-state index contributed by atoms with van der Waals surface area (Å²) in [6.45, 7) is 3.86. The molecule has 0 amide bonds. The van der Waals surface area contributed by atoms with Crippen LogP contribution in [0.1, 0.15) is 31.4 Å². The van der Waals surface area contributed by atoms with Crippen LogP contribution >= 0.6 is 15.9 Å². The first kappa shape index (κ1) is 24.1. The molecule has 0 saturated heterocycles. The zero-order valence-electron chi connectivity index (χ0n) is 13.7. The third-order valence-corrected chi connectivity index (χ3v) is 3.30. The van der Waals surface area contributed by atoms with Gasteiger partial charge >= 0.3 is 29.2 Å². The molecule has 0 saturated carbocycles. The standard InChI is InChI=1S/C17H15F3O.C2H5Br.Mg.2H/c1-2-16(21)11-12-3-5-13(6-4-12)14-7-9-15(10-8-14)17(18,19)20;1-2-3;;;/h3-10H,2,11H2,1H3;2H2,1H3;;;. The van der Waals surface area contributed by atoms with Crippen molar-refractivity contribution < 1.29 is 18.0 Å². The van der Waals surface area contributed by atoms with E-state index >= 15 is 0 Å². The molecule has 25 heavy (non-hydrogen) atoms. The SMILES string of the molecule is CCBr.CCC(=O)Cc1ccc(-c2ccc(C(F)(F)F)cc2)cc1.[MgH2]. The van der Waals surface area contributed by atoms with Gasteiger partial charge in [0, 0.05) is 18.2 Å². The Balaban J connectivity index is 0.00000134. The second-order valence-electron chi connectivity index (χ2n) is 5.11. The lowest BCUT2D eigenvalue weighted by atomic mass is 10.0. The average Bonchev–Trinajstić information content (AvgIpc) is 2.55. The first-order chi connectivity index (χ1) is 11.3. The maximum Gasteiger partial charge on any atom is 0.416 e. The lowest BCUT2D eigenvalue weighted by molar-refractivity contribution is -0.137. The van der Waals surface area contributed by atoms with Gasteiger partial charge in [0.15, 0.2) is 0 Å². The Labute approximate surface area is 171 Å². The Morgan fingerprint density at radius 1 is 0.920 bits per heavy atom. The summed E-state index contributed by atoms with van der Waals surface area (Å²) in [5, 5.41) is 1.06. The fourth-order valence-electron chi connectivity index (χ4n) is 2.02. The zero-order valence-corrected chi connectivity index (χ0v) is 15.2. The van der Waals surface area contributed by atoms with E-state index in [1.807, 2.05) is 38.1 Å². The molecular formula is C19H22BrF3MgO. The molecule has 0 radical (unpaired) electrons. The van der Waals surface area contributed by atoms with E-state index in [0.29, 0.717) is 12.8 Å². The molecule has 0 aliphatic rings. The monoisotopic (exact) mass is 426 g/mol. The quantitative estimate of drug-likeness (QED) is 0.473. The van der Waals surface area contributed by atoms with Crippen molar-refractivity contribution in [1.29, 1.82) is 0 Å². The van der Waals surface area contributed by atoms with Gasteiger partial charge in [-0.15, -0.1) is 0 Å². The van der Waals surface area contributed by atoms with Crippen molar-refractivity contribution in [2.45, 2.75) is 32.9 Å². The molecule has 6 heteroatoms. The maximum atomic E-state index is 12.5. The van der Waals surface area contributed by atoms with Crippen molar-refractivity contribution in [2.75, 3.05) is 5.33 Å². The van der Waals surface area contributed by atoms with Crippen LogP contribution < -0.4 is 0 Å². The summed E-state index contributed by atoms with van der Waals surface area (Å²) in [6.07, 6.45) is -3.42. The van der Waals surface area contributed by atoms with Crippen LogP contribution in [0.3, 0.4) is 0 Å². The third-order valence-electron chi connectivity index (χ3n) is 3.30. The van der Waals surface area contributed by atoms with Gasteiger partial charge in [0.05, 0.1) is 5.56 Å². The molecule has 134 valence electrons. The number of Topliss-reactive ketones (excluding diaryl/α,β-unsaturated/α-hetero) is 1. The zero-order chi connectivity index (χ0) is 18.2. The van der Waals surface area contributed by atoms with Crippen LogP contribution in [0.2, 0.25) is 0 Å². The van der Waals surface area contributed by atoms with E-state index in [2.05, 4.69) is 15.9 Å². The number of ketones is 1. The minimum Gasteiger partial charge on any atom is -0.299 e. The molecule has 0 fully saturated rings. The van der Waals surface area contributed by atoms with E-state index in [1.165, 1.54) is 12.1 Å². The van der Waals surface area contributed by atoms with Gasteiger partial charge in [-0.25, -0.2) is 0 Å². The molecule has 0 unspecified atom stereocenters. The second-order valence-corrected chi connectivity index (χ2v) is 6.23. The molecule has 0 N–H and O–H groups in total. The summed E-state index contributed by atoms with van der Waals surface area (Å²) in [5.74, 6) is 0.164. The Bertz CT molecular complexity index is 637. The molecule has 0 spiro atoms. The Morgan fingerprint density at radius 2 is 1.32 bits per heavy atom. The minimum atomic E-state index is -4.32. The Kier molecular flexibility index (Phi) is 11.3. The summed E-state index contributed by atoms with van der Waals surface area (Å²) in [5.41, 5.74) is 1.81. The third kappa shape index (κ3) is 8.38. The number of rotatable bonds is 4. The molecule has 2 aromatic carbocycles. The molecule has 0 heterocycles.